The molecular weight excluding hydrogens is 654 g/mol. The summed E-state index contributed by atoms with van der Waals surface area (Å²) in [6.45, 7) is 20.3. The van der Waals surface area contributed by atoms with Crippen molar-refractivity contribution in [1.29, 1.82) is 0 Å². The molecule has 5 saturated carbocycles. The molecule has 8 heteroatoms. The standard InChI is InChI=1S/C44H65NO7/c1-26(2)28-16-21-44(37(49)45-25-27-12-10-11-13-29(27)36(47)48)23-22-42(8)30(35(28)44)14-15-32-41(7)19-18-33(52-34(46)24-39(3,4)38(50)51)40(5,6)31(41)17-20-43(32,42)9/h10-13,26,28,30-33,35H,14-25H2,1-9H3,(H,45,49)(H,47,48)(H,50,51)/t28-,30?,31?,32?,33?,35?,41-,42+,43?,44-/m0/s1. The van der Waals surface area contributed by atoms with E-state index in [1.807, 2.05) is 6.07 Å². The van der Waals surface area contributed by atoms with E-state index in [0.29, 0.717) is 41.1 Å². The number of carboxylic acids is 2. The summed E-state index contributed by atoms with van der Waals surface area (Å²) in [7, 11) is 0. The number of carbonyl (C=O) groups is 4. The second kappa shape index (κ2) is 13.1. The van der Waals surface area contributed by atoms with Crippen LogP contribution < -0.4 is 5.32 Å². The highest BCUT2D eigenvalue weighted by molar-refractivity contribution is 5.90. The summed E-state index contributed by atoms with van der Waals surface area (Å²) in [6, 6.07) is 6.98. The van der Waals surface area contributed by atoms with E-state index in [1.54, 1.807) is 32.0 Å². The summed E-state index contributed by atoms with van der Waals surface area (Å²) >= 11 is 0. The van der Waals surface area contributed by atoms with Crippen LogP contribution in [-0.2, 0) is 25.7 Å². The molecule has 288 valence electrons. The van der Waals surface area contributed by atoms with E-state index in [1.165, 1.54) is 0 Å². The fourth-order valence-corrected chi connectivity index (χ4v) is 13.8. The first-order chi connectivity index (χ1) is 24.2. The van der Waals surface area contributed by atoms with Crippen LogP contribution in [0.5, 0.6) is 0 Å². The van der Waals surface area contributed by atoms with E-state index in [9.17, 15) is 29.4 Å². The van der Waals surface area contributed by atoms with E-state index < -0.39 is 28.7 Å². The van der Waals surface area contributed by atoms with Gasteiger partial charge in [0, 0.05) is 12.0 Å². The molecule has 0 aromatic heterocycles. The first-order valence-corrected chi connectivity index (χ1v) is 20.2. The molecular formula is C44H65NO7. The number of hydrogen-bond acceptors (Lipinski definition) is 5. The molecule has 5 aliphatic rings. The normalized spacial score (nSPS) is 39.3. The number of fused-ring (bicyclic) bond motifs is 7. The number of aliphatic carboxylic acids is 1. The highest BCUT2D eigenvalue weighted by Gasteiger charge is 2.72. The van der Waals surface area contributed by atoms with Crippen LogP contribution in [0, 0.1) is 68.0 Å². The molecule has 10 atom stereocenters. The number of ether oxygens (including phenoxy) is 1. The Bertz CT molecular complexity index is 1600. The molecule has 1 aromatic carbocycles. The molecule has 5 fully saturated rings. The zero-order chi connectivity index (χ0) is 38.2. The van der Waals surface area contributed by atoms with Gasteiger partial charge in [-0.05, 0) is 141 Å². The van der Waals surface area contributed by atoms with Crippen molar-refractivity contribution in [2.45, 2.75) is 146 Å². The second-order valence-corrected chi connectivity index (χ2v) is 20.1. The maximum atomic E-state index is 14.6. The molecule has 6 rings (SSSR count). The lowest BCUT2D eigenvalue weighted by Gasteiger charge is -2.73. The van der Waals surface area contributed by atoms with Gasteiger partial charge < -0.3 is 20.3 Å². The number of esters is 1. The molecule has 6 unspecified atom stereocenters. The van der Waals surface area contributed by atoms with Gasteiger partial charge in [0.1, 0.15) is 6.10 Å². The van der Waals surface area contributed by atoms with Crippen molar-refractivity contribution in [3.05, 3.63) is 35.4 Å². The average Bonchev–Trinajstić information content (AvgIpc) is 3.46. The average molecular weight is 720 g/mol. The van der Waals surface area contributed by atoms with Gasteiger partial charge in [0.2, 0.25) is 5.91 Å². The van der Waals surface area contributed by atoms with Gasteiger partial charge in [-0.2, -0.15) is 0 Å². The minimum atomic E-state index is -1.16. The Labute approximate surface area is 311 Å². The molecule has 0 heterocycles. The summed E-state index contributed by atoms with van der Waals surface area (Å²) in [6.07, 6.45) is 9.71. The predicted octanol–water partition coefficient (Wildman–Crippen LogP) is 9.15. The summed E-state index contributed by atoms with van der Waals surface area (Å²) in [5.41, 5.74) is -0.658. The van der Waals surface area contributed by atoms with Gasteiger partial charge in [0.25, 0.3) is 0 Å². The molecule has 0 spiro atoms. The summed E-state index contributed by atoms with van der Waals surface area (Å²) in [4.78, 5) is 51.3. The van der Waals surface area contributed by atoms with Crippen LogP contribution in [-0.4, -0.2) is 40.1 Å². The largest absolute Gasteiger partial charge is 0.481 e. The lowest BCUT2D eigenvalue weighted by molar-refractivity contribution is -0.250. The third kappa shape index (κ3) is 5.82. The third-order valence-electron chi connectivity index (χ3n) is 16.9. The fraction of sp³-hybridized carbons (Fsp3) is 0.773. The molecule has 52 heavy (non-hydrogen) atoms. The van der Waals surface area contributed by atoms with Crippen LogP contribution in [0.4, 0.5) is 0 Å². The SMILES string of the molecule is CC(C)[C@@H]1CC[C@]2(C(=O)NCc3ccccc3C(=O)O)CC[C@]3(C)C(CCC4C3(C)CCC3C(C)(C)C(OC(=O)CC(C)(C)C(=O)O)CC[C@@]34C)C12. The Hall–Kier alpha value is -2.90. The van der Waals surface area contributed by atoms with Crippen LogP contribution in [0.2, 0.25) is 0 Å². The number of rotatable bonds is 9. The van der Waals surface area contributed by atoms with Gasteiger partial charge in [-0.25, -0.2) is 4.79 Å². The molecule has 5 aliphatic carbocycles. The first-order valence-electron chi connectivity index (χ1n) is 20.2. The van der Waals surface area contributed by atoms with E-state index >= 15 is 0 Å². The summed E-state index contributed by atoms with van der Waals surface area (Å²) < 4.78 is 6.17. The first kappa shape index (κ1) is 38.8. The summed E-state index contributed by atoms with van der Waals surface area (Å²) in [5, 5.41) is 22.7. The highest BCUT2D eigenvalue weighted by atomic mass is 16.5. The van der Waals surface area contributed by atoms with E-state index in [0.717, 1.165) is 64.2 Å². The maximum absolute atomic E-state index is 14.6. The maximum Gasteiger partial charge on any atom is 0.336 e. The van der Waals surface area contributed by atoms with Crippen LogP contribution in [0.1, 0.15) is 149 Å². The Morgan fingerprint density at radius 2 is 1.54 bits per heavy atom. The molecule has 1 amide bonds. The van der Waals surface area contributed by atoms with Crippen LogP contribution >= 0.6 is 0 Å². The lowest BCUT2D eigenvalue weighted by atomic mass is 9.32. The van der Waals surface area contributed by atoms with E-state index in [-0.39, 0.29) is 52.2 Å². The van der Waals surface area contributed by atoms with Crippen molar-refractivity contribution >= 4 is 23.8 Å². The zero-order valence-electron chi connectivity index (χ0n) is 33.3. The van der Waals surface area contributed by atoms with Gasteiger partial charge in [-0.3, -0.25) is 14.4 Å². The number of carboxylic acid groups (broad SMARTS) is 2. The van der Waals surface area contributed by atoms with Crippen molar-refractivity contribution in [3.63, 3.8) is 0 Å². The van der Waals surface area contributed by atoms with Crippen molar-refractivity contribution < 1.29 is 34.1 Å². The summed E-state index contributed by atoms with van der Waals surface area (Å²) in [5.74, 6) is 0.341. The van der Waals surface area contributed by atoms with Crippen LogP contribution in [0.25, 0.3) is 0 Å². The van der Waals surface area contributed by atoms with E-state index in [2.05, 4.69) is 53.8 Å². The minimum Gasteiger partial charge on any atom is -0.481 e. The smallest absolute Gasteiger partial charge is 0.336 e. The van der Waals surface area contributed by atoms with Crippen molar-refractivity contribution in [3.8, 4) is 0 Å². The molecule has 0 bridgehead atoms. The number of hydrogen-bond donors (Lipinski definition) is 3. The highest BCUT2D eigenvalue weighted by Crippen LogP contribution is 2.77. The van der Waals surface area contributed by atoms with Crippen molar-refractivity contribution in [2.75, 3.05) is 0 Å². The molecule has 3 N–H and O–H groups in total. The fourth-order valence-electron chi connectivity index (χ4n) is 13.8. The number of nitrogens with one attached hydrogen (secondary N) is 1. The molecule has 1 aromatic rings. The second-order valence-electron chi connectivity index (χ2n) is 20.1. The van der Waals surface area contributed by atoms with Gasteiger partial charge in [0.05, 0.1) is 22.8 Å². The topological polar surface area (TPSA) is 130 Å². The van der Waals surface area contributed by atoms with Crippen LogP contribution in [0.3, 0.4) is 0 Å². The Balaban J connectivity index is 1.25. The van der Waals surface area contributed by atoms with E-state index in [4.69, 9.17) is 4.74 Å². The molecule has 0 radical (unpaired) electrons. The van der Waals surface area contributed by atoms with Crippen molar-refractivity contribution in [2.24, 2.45) is 68.0 Å². The van der Waals surface area contributed by atoms with Gasteiger partial charge in [0.15, 0.2) is 0 Å². The third-order valence-corrected chi connectivity index (χ3v) is 16.9. The molecule has 0 saturated heterocycles. The van der Waals surface area contributed by atoms with Crippen molar-refractivity contribution in [1.82, 2.24) is 5.32 Å². The van der Waals surface area contributed by atoms with Gasteiger partial charge >= 0.3 is 17.9 Å². The Kier molecular flexibility index (Phi) is 9.81. The molecule has 0 aliphatic heterocycles. The number of carbonyl (C=O) groups excluding carboxylic acids is 2. The quantitative estimate of drug-likeness (QED) is 0.217. The number of aromatic carboxylic acids is 1. The predicted molar refractivity (Wildman–Crippen MR) is 200 cm³/mol. The number of amides is 1. The lowest BCUT2D eigenvalue weighted by Crippen LogP contribution is -2.67. The Morgan fingerprint density at radius 3 is 2.19 bits per heavy atom. The van der Waals surface area contributed by atoms with Gasteiger partial charge in [-0.1, -0.05) is 66.7 Å². The monoisotopic (exact) mass is 719 g/mol. The molecule has 8 nitrogen and oxygen atoms in total. The van der Waals surface area contributed by atoms with Gasteiger partial charge in [-0.15, -0.1) is 0 Å². The zero-order valence-corrected chi connectivity index (χ0v) is 33.3. The minimum absolute atomic E-state index is 0.0849. The van der Waals surface area contributed by atoms with Crippen LogP contribution in [0.15, 0.2) is 24.3 Å². The number of benzene rings is 1. The Morgan fingerprint density at radius 1 is 0.846 bits per heavy atom.